The first kappa shape index (κ1) is 19.8. The third-order valence-corrected chi connectivity index (χ3v) is 6.51. The summed E-state index contributed by atoms with van der Waals surface area (Å²) in [5, 5.41) is 8.32. The smallest absolute Gasteiger partial charge is 0.283 e. The van der Waals surface area contributed by atoms with Gasteiger partial charge in [-0.3, -0.25) is 0 Å². The molecular formula is C19H21ClFN3O2S. The van der Waals surface area contributed by atoms with E-state index in [1.165, 1.54) is 18.2 Å². The maximum Gasteiger partial charge on any atom is 0.283 e. The Bertz CT molecular complexity index is 1060. The molecule has 0 unspecified atom stereocenters. The highest BCUT2D eigenvalue weighted by Gasteiger charge is 2.27. The Labute approximate surface area is 164 Å². The maximum absolute atomic E-state index is 13.9. The van der Waals surface area contributed by atoms with Gasteiger partial charge in [-0.15, -0.1) is 12.4 Å². The van der Waals surface area contributed by atoms with Crippen LogP contribution in [0.25, 0.3) is 10.9 Å². The van der Waals surface area contributed by atoms with Crippen LogP contribution in [0.4, 0.5) is 4.39 Å². The number of rotatable bonds is 3. The summed E-state index contributed by atoms with van der Waals surface area (Å²) in [6, 6.07) is 10.8. The van der Waals surface area contributed by atoms with Gasteiger partial charge in [0.15, 0.2) is 0 Å². The van der Waals surface area contributed by atoms with Crippen LogP contribution in [-0.4, -0.2) is 30.7 Å². The Balaban J connectivity index is 0.00000210. The van der Waals surface area contributed by atoms with Gasteiger partial charge >= 0.3 is 0 Å². The van der Waals surface area contributed by atoms with Crippen molar-refractivity contribution < 1.29 is 12.8 Å². The first-order valence-corrected chi connectivity index (χ1v) is 10.1. The summed E-state index contributed by atoms with van der Waals surface area (Å²) in [5.41, 5.74) is 2.06. The lowest BCUT2D eigenvalue weighted by molar-refractivity contribution is 0.453. The van der Waals surface area contributed by atoms with E-state index in [0.29, 0.717) is 16.6 Å². The molecule has 5 nitrogen and oxygen atoms in total. The molecule has 2 heterocycles. The molecule has 144 valence electrons. The third kappa shape index (κ3) is 3.59. The van der Waals surface area contributed by atoms with Crippen LogP contribution in [0.15, 0.2) is 47.4 Å². The van der Waals surface area contributed by atoms with Gasteiger partial charge in [-0.05, 0) is 63.2 Å². The predicted octanol–water partition coefficient (Wildman–Crippen LogP) is 3.61. The molecular weight excluding hydrogens is 389 g/mol. The van der Waals surface area contributed by atoms with Gasteiger partial charge in [0.2, 0.25) is 0 Å². The molecule has 1 N–H and O–H groups in total. The second-order valence-electron chi connectivity index (χ2n) is 6.73. The van der Waals surface area contributed by atoms with Crippen LogP contribution >= 0.6 is 12.4 Å². The minimum atomic E-state index is -3.85. The van der Waals surface area contributed by atoms with Crippen molar-refractivity contribution in [2.24, 2.45) is 0 Å². The van der Waals surface area contributed by atoms with Gasteiger partial charge in [0.1, 0.15) is 5.82 Å². The highest BCUT2D eigenvalue weighted by atomic mass is 35.5. The number of nitrogens with zero attached hydrogens (tertiary/aromatic N) is 2. The average molecular weight is 410 g/mol. The number of fused-ring (bicyclic) bond motifs is 1. The number of hydrogen-bond donors (Lipinski definition) is 1. The van der Waals surface area contributed by atoms with Crippen molar-refractivity contribution in [3.63, 3.8) is 0 Å². The van der Waals surface area contributed by atoms with E-state index < -0.39 is 10.0 Å². The number of halogens is 2. The summed E-state index contributed by atoms with van der Waals surface area (Å²) < 4.78 is 41.2. The second kappa shape index (κ2) is 7.58. The maximum atomic E-state index is 13.9. The molecule has 1 fully saturated rings. The lowest BCUT2D eigenvalue weighted by atomic mass is 9.92. The SMILES string of the molecule is Cc1ccc(S(=O)(=O)n2nc(C3CCNCC3)c3cc(F)ccc32)cc1.Cl. The quantitative estimate of drug-likeness (QED) is 0.717. The monoisotopic (exact) mass is 409 g/mol. The Morgan fingerprint density at radius 3 is 2.44 bits per heavy atom. The Morgan fingerprint density at radius 2 is 1.78 bits per heavy atom. The second-order valence-corrected chi connectivity index (χ2v) is 8.50. The highest BCUT2D eigenvalue weighted by Crippen LogP contribution is 2.32. The van der Waals surface area contributed by atoms with Crippen LogP contribution in [0.3, 0.4) is 0 Å². The molecule has 3 aromatic rings. The van der Waals surface area contributed by atoms with Crippen LogP contribution in [0.1, 0.15) is 30.0 Å². The fourth-order valence-corrected chi connectivity index (χ4v) is 4.77. The molecule has 0 saturated carbocycles. The van der Waals surface area contributed by atoms with Crippen LogP contribution < -0.4 is 5.32 Å². The first-order valence-electron chi connectivity index (χ1n) is 8.68. The van der Waals surface area contributed by atoms with Crippen molar-refractivity contribution in [1.29, 1.82) is 0 Å². The molecule has 8 heteroatoms. The summed E-state index contributed by atoms with van der Waals surface area (Å²) in [5.74, 6) is -0.269. The van der Waals surface area contributed by atoms with Gasteiger partial charge < -0.3 is 5.32 Å². The highest BCUT2D eigenvalue weighted by molar-refractivity contribution is 7.90. The molecule has 4 rings (SSSR count). The molecule has 0 aliphatic carbocycles. The van der Waals surface area contributed by atoms with E-state index in [0.717, 1.165) is 35.6 Å². The molecule has 1 aliphatic heterocycles. The fourth-order valence-electron chi connectivity index (χ4n) is 3.48. The topological polar surface area (TPSA) is 64.0 Å². The summed E-state index contributed by atoms with van der Waals surface area (Å²) >= 11 is 0. The van der Waals surface area contributed by atoms with E-state index in [-0.39, 0.29) is 29.0 Å². The van der Waals surface area contributed by atoms with Crippen molar-refractivity contribution in [1.82, 2.24) is 14.5 Å². The zero-order valence-electron chi connectivity index (χ0n) is 14.9. The van der Waals surface area contributed by atoms with Gasteiger partial charge in [0, 0.05) is 11.3 Å². The number of piperidine rings is 1. The number of nitrogens with one attached hydrogen (secondary N) is 1. The average Bonchev–Trinajstić information content (AvgIpc) is 3.02. The molecule has 0 bridgehead atoms. The van der Waals surface area contributed by atoms with Gasteiger partial charge in [-0.1, -0.05) is 17.7 Å². The van der Waals surface area contributed by atoms with Crippen molar-refractivity contribution in [2.75, 3.05) is 13.1 Å². The van der Waals surface area contributed by atoms with Crippen molar-refractivity contribution >= 4 is 33.3 Å². The van der Waals surface area contributed by atoms with E-state index in [4.69, 9.17) is 0 Å². The van der Waals surface area contributed by atoms with Gasteiger partial charge in [0.25, 0.3) is 10.0 Å². The molecule has 0 amide bonds. The third-order valence-electron chi connectivity index (χ3n) is 4.91. The number of aromatic nitrogens is 2. The van der Waals surface area contributed by atoms with E-state index in [9.17, 15) is 12.8 Å². The van der Waals surface area contributed by atoms with E-state index in [1.54, 1.807) is 24.3 Å². The van der Waals surface area contributed by atoms with E-state index in [2.05, 4.69) is 10.4 Å². The Hall–Kier alpha value is -1.96. The molecule has 0 spiro atoms. The number of aryl methyl sites for hydroxylation is 1. The lowest BCUT2D eigenvalue weighted by Gasteiger charge is -2.21. The van der Waals surface area contributed by atoms with E-state index in [1.807, 2.05) is 6.92 Å². The summed E-state index contributed by atoms with van der Waals surface area (Å²) in [7, 11) is -3.85. The van der Waals surface area contributed by atoms with Crippen molar-refractivity contribution in [3.05, 3.63) is 59.5 Å². The Kier molecular flexibility index (Phi) is 5.55. The Morgan fingerprint density at radius 1 is 1.11 bits per heavy atom. The largest absolute Gasteiger partial charge is 0.317 e. The minimum Gasteiger partial charge on any atom is -0.317 e. The predicted molar refractivity (Wildman–Crippen MR) is 106 cm³/mol. The lowest BCUT2D eigenvalue weighted by Crippen LogP contribution is -2.27. The van der Waals surface area contributed by atoms with Gasteiger partial charge in [-0.25, -0.2) is 4.39 Å². The molecule has 2 aromatic carbocycles. The summed E-state index contributed by atoms with van der Waals surface area (Å²) in [6.45, 7) is 3.59. The van der Waals surface area contributed by atoms with Crippen LogP contribution in [0.2, 0.25) is 0 Å². The normalized spacial score (nSPS) is 15.6. The molecule has 1 aliphatic rings. The molecule has 0 atom stereocenters. The zero-order valence-corrected chi connectivity index (χ0v) is 16.5. The first-order chi connectivity index (χ1) is 12.5. The molecule has 27 heavy (non-hydrogen) atoms. The van der Waals surface area contributed by atoms with E-state index >= 15 is 0 Å². The van der Waals surface area contributed by atoms with Crippen LogP contribution in [0.5, 0.6) is 0 Å². The molecule has 1 saturated heterocycles. The number of benzene rings is 2. The standard InChI is InChI=1S/C19H20FN3O2S.ClH/c1-13-2-5-16(6-3-13)26(24,25)23-18-7-4-15(20)12-17(18)19(22-23)14-8-10-21-11-9-14;/h2-7,12,14,21H,8-11H2,1H3;1H. The minimum absolute atomic E-state index is 0. The van der Waals surface area contributed by atoms with Crippen LogP contribution in [-0.2, 0) is 10.0 Å². The van der Waals surface area contributed by atoms with Gasteiger partial charge in [-0.2, -0.15) is 17.6 Å². The zero-order chi connectivity index (χ0) is 18.3. The number of hydrogen-bond acceptors (Lipinski definition) is 4. The molecule has 1 aromatic heterocycles. The summed E-state index contributed by atoms with van der Waals surface area (Å²) in [4.78, 5) is 0.175. The summed E-state index contributed by atoms with van der Waals surface area (Å²) in [6.07, 6.45) is 1.71. The fraction of sp³-hybridized carbons (Fsp3) is 0.316. The van der Waals surface area contributed by atoms with Crippen LogP contribution in [0, 0.1) is 12.7 Å². The van der Waals surface area contributed by atoms with Crippen molar-refractivity contribution in [2.45, 2.75) is 30.6 Å². The van der Waals surface area contributed by atoms with Gasteiger partial charge in [0.05, 0.1) is 16.1 Å². The van der Waals surface area contributed by atoms with Crippen molar-refractivity contribution in [3.8, 4) is 0 Å². The molecule has 0 radical (unpaired) electrons.